The topological polar surface area (TPSA) is 70.2 Å². The first-order chi connectivity index (χ1) is 9.61. The number of para-hydroxylation sites is 1. The molecule has 1 aromatic heterocycles. The van der Waals surface area contributed by atoms with Crippen molar-refractivity contribution in [2.24, 2.45) is 0 Å². The van der Waals surface area contributed by atoms with Gasteiger partial charge in [-0.2, -0.15) is 4.98 Å². The fraction of sp³-hybridized carbons (Fsp3) is 0.357. The van der Waals surface area contributed by atoms with E-state index in [0.29, 0.717) is 18.9 Å². The molecule has 2 rings (SSSR count). The van der Waals surface area contributed by atoms with Crippen molar-refractivity contribution in [3.8, 4) is 0 Å². The molecule has 2 aromatic rings. The maximum atomic E-state index is 11.6. The number of aromatic nitrogens is 2. The standard InChI is InChI=1S/C14H19N5O/c1-15-14-17-11-7-5-4-6-10(11)13(18-14)16-9-8-12(20)19(2)3/h4-7H,8-9H2,1-3H3,(H2,15,16,17,18). The summed E-state index contributed by atoms with van der Waals surface area (Å²) >= 11 is 0. The molecule has 0 fully saturated rings. The highest BCUT2D eigenvalue weighted by Gasteiger charge is 2.08. The summed E-state index contributed by atoms with van der Waals surface area (Å²) in [5.41, 5.74) is 0.869. The van der Waals surface area contributed by atoms with Gasteiger partial charge < -0.3 is 15.5 Å². The van der Waals surface area contributed by atoms with Crippen LogP contribution in [0.25, 0.3) is 10.9 Å². The molecule has 0 unspecified atom stereocenters. The normalized spacial score (nSPS) is 10.3. The van der Waals surface area contributed by atoms with Gasteiger partial charge in [0.25, 0.3) is 0 Å². The van der Waals surface area contributed by atoms with Crippen LogP contribution in [0.5, 0.6) is 0 Å². The number of rotatable bonds is 5. The van der Waals surface area contributed by atoms with E-state index in [-0.39, 0.29) is 5.91 Å². The second-order valence-corrected chi connectivity index (χ2v) is 4.63. The van der Waals surface area contributed by atoms with Gasteiger partial charge in [-0.1, -0.05) is 12.1 Å². The number of hydrogen-bond donors (Lipinski definition) is 2. The molecule has 1 heterocycles. The van der Waals surface area contributed by atoms with Crippen molar-refractivity contribution in [1.29, 1.82) is 0 Å². The van der Waals surface area contributed by atoms with Gasteiger partial charge in [0, 0.05) is 39.5 Å². The van der Waals surface area contributed by atoms with Crippen LogP contribution in [-0.4, -0.2) is 48.5 Å². The molecule has 106 valence electrons. The lowest BCUT2D eigenvalue weighted by Crippen LogP contribution is -2.24. The molecule has 20 heavy (non-hydrogen) atoms. The molecule has 1 amide bonds. The number of benzene rings is 1. The van der Waals surface area contributed by atoms with Crippen LogP contribution in [0.3, 0.4) is 0 Å². The van der Waals surface area contributed by atoms with E-state index in [2.05, 4.69) is 20.6 Å². The number of fused-ring (bicyclic) bond motifs is 1. The van der Waals surface area contributed by atoms with E-state index in [9.17, 15) is 4.79 Å². The van der Waals surface area contributed by atoms with Crippen LogP contribution in [0.1, 0.15) is 6.42 Å². The molecule has 6 heteroatoms. The summed E-state index contributed by atoms with van der Waals surface area (Å²) in [6, 6.07) is 7.79. The highest BCUT2D eigenvalue weighted by atomic mass is 16.2. The maximum absolute atomic E-state index is 11.6. The van der Waals surface area contributed by atoms with Gasteiger partial charge in [0.1, 0.15) is 5.82 Å². The van der Waals surface area contributed by atoms with E-state index >= 15 is 0 Å². The van der Waals surface area contributed by atoms with Gasteiger partial charge in [0.2, 0.25) is 11.9 Å². The number of carbonyl (C=O) groups is 1. The molecular formula is C14H19N5O. The van der Waals surface area contributed by atoms with E-state index in [1.54, 1.807) is 26.0 Å². The average Bonchev–Trinajstić information content (AvgIpc) is 2.46. The van der Waals surface area contributed by atoms with Crippen molar-refractivity contribution < 1.29 is 4.79 Å². The third-order valence-electron chi connectivity index (χ3n) is 2.96. The SMILES string of the molecule is CNc1nc(NCCC(=O)N(C)C)c2ccccc2n1. The summed E-state index contributed by atoms with van der Waals surface area (Å²) in [7, 11) is 5.28. The lowest BCUT2D eigenvalue weighted by molar-refractivity contribution is -0.128. The summed E-state index contributed by atoms with van der Waals surface area (Å²) in [6.45, 7) is 0.543. The highest BCUT2D eigenvalue weighted by Crippen LogP contribution is 2.21. The van der Waals surface area contributed by atoms with Crippen molar-refractivity contribution in [1.82, 2.24) is 14.9 Å². The fourth-order valence-electron chi connectivity index (χ4n) is 1.83. The lowest BCUT2D eigenvalue weighted by Gasteiger charge is -2.12. The summed E-state index contributed by atoms with van der Waals surface area (Å²) in [5, 5.41) is 7.10. The van der Waals surface area contributed by atoms with Crippen molar-refractivity contribution in [2.75, 3.05) is 38.3 Å². The summed E-state index contributed by atoms with van der Waals surface area (Å²) in [5.74, 6) is 1.39. The number of carbonyl (C=O) groups excluding carboxylic acids is 1. The second kappa shape index (κ2) is 6.18. The number of nitrogens with one attached hydrogen (secondary N) is 2. The van der Waals surface area contributed by atoms with Crippen molar-refractivity contribution in [2.45, 2.75) is 6.42 Å². The van der Waals surface area contributed by atoms with Gasteiger partial charge in [-0.05, 0) is 12.1 Å². The Morgan fingerprint density at radius 2 is 2.00 bits per heavy atom. The van der Waals surface area contributed by atoms with E-state index in [0.717, 1.165) is 16.7 Å². The Balaban J connectivity index is 2.18. The minimum atomic E-state index is 0.0877. The molecule has 6 nitrogen and oxygen atoms in total. The monoisotopic (exact) mass is 273 g/mol. The van der Waals surface area contributed by atoms with E-state index in [1.165, 1.54) is 0 Å². The molecule has 0 atom stereocenters. The minimum Gasteiger partial charge on any atom is -0.369 e. The minimum absolute atomic E-state index is 0.0877. The summed E-state index contributed by atoms with van der Waals surface area (Å²) in [6.07, 6.45) is 0.431. The van der Waals surface area contributed by atoms with Crippen molar-refractivity contribution in [3.63, 3.8) is 0 Å². The average molecular weight is 273 g/mol. The molecule has 0 bridgehead atoms. The van der Waals surface area contributed by atoms with E-state index in [1.807, 2.05) is 24.3 Å². The molecule has 1 aromatic carbocycles. The van der Waals surface area contributed by atoms with E-state index < -0.39 is 0 Å². The van der Waals surface area contributed by atoms with Gasteiger partial charge in [-0.25, -0.2) is 4.98 Å². The molecule has 0 saturated carbocycles. The molecule has 0 radical (unpaired) electrons. The Hall–Kier alpha value is -2.37. The summed E-state index contributed by atoms with van der Waals surface area (Å²) in [4.78, 5) is 21.9. The first-order valence-electron chi connectivity index (χ1n) is 6.50. The Labute approximate surface area is 118 Å². The van der Waals surface area contributed by atoms with Gasteiger partial charge in [-0.3, -0.25) is 4.79 Å². The molecule has 0 spiro atoms. The number of anilines is 2. The van der Waals surface area contributed by atoms with Crippen LogP contribution in [-0.2, 0) is 4.79 Å². The Morgan fingerprint density at radius 1 is 1.25 bits per heavy atom. The zero-order chi connectivity index (χ0) is 14.5. The number of amides is 1. The highest BCUT2D eigenvalue weighted by molar-refractivity contribution is 5.90. The van der Waals surface area contributed by atoms with Crippen LogP contribution < -0.4 is 10.6 Å². The largest absolute Gasteiger partial charge is 0.369 e. The lowest BCUT2D eigenvalue weighted by atomic mass is 10.2. The first kappa shape index (κ1) is 14.0. The van der Waals surface area contributed by atoms with Crippen LogP contribution in [0, 0.1) is 0 Å². The molecule has 2 N–H and O–H groups in total. The number of hydrogen-bond acceptors (Lipinski definition) is 5. The van der Waals surface area contributed by atoms with Gasteiger partial charge in [0.05, 0.1) is 5.52 Å². The zero-order valence-electron chi connectivity index (χ0n) is 12.0. The molecule has 0 aliphatic heterocycles. The maximum Gasteiger partial charge on any atom is 0.224 e. The molecular weight excluding hydrogens is 254 g/mol. The third-order valence-corrected chi connectivity index (χ3v) is 2.96. The van der Waals surface area contributed by atoms with Crippen LogP contribution in [0.4, 0.5) is 11.8 Å². The van der Waals surface area contributed by atoms with Crippen molar-refractivity contribution >= 4 is 28.6 Å². The number of nitrogens with zero attached hydrogens (tertiary/aromatic N) is 3. The van der Waals surface area contributed by atoms with E-state index in [4.69, 9.17) is 0 Å². The smallest absolute Gasteiger partial charge is 0.224 e. The summed E-state index contributed by atoms with van der Waals surface area (Å²) < 4.78 is 0. The fourth-order valence-corrected chi connectivity index (χ4v) is 1.83. The predicted octanol–water partition coefficient (Wildman–Crippen LogP) is 1.56. The first-order valence-corrected chi connectivity index (χ1v) is 6.50. The molecule has 0 aliphatic rings. The molecule has 0 saturated heterocycles. The van der Waals surface area contributed by atoms with Crippen LogP contribution in [0.2, 0.25) is 0 Å². The van der Waals surface area contributed by atoms with Gasteiger partial charge >= 0.3 is 0 Å². The second-order valence-electron chi connectivity index (χ2n) is 4.63. The Bertz CT molecular complexity index is 612. The molecule has 0 aliphatic carbocycles. The van der Waals surface area contributed by atoms with Crippen molar-refractivity contribution in [3.05, 3.63) is 24.3 Å². The van der Waals surface area contributed by atoms with Crippen LogP contribution >= 0.6 is 0 Å². The Kier molecular flexibility index (Phi) is 4.34. The van der Waals surface area contributed by atoms with Crippen LogP contribution in [0.15, 0.2) is 24.3 Å². The Morgan fingerprint density at radius 3 is 2.70 bits per heavy atom. The predicted molar refractivity (Wildman–Crippen MR) is 80.9 cm³/mol. The zero-order valence-corrected chi connectivity index (χ0v) is 12.0. The quantitative estimate of drug-likeness (QED) is 0.865. The van der Waals surface area contributed by atoms with Gasteiger partial charge in [-0.15, -0.1) is 0 Å². The van der Waals surface area contributed by atoms with Gasteiger partial charge in [0.15, 0.2) is 0 Å². The third kappa shape index (κ3) is 3.14.